The van der Waals surface area contributed by atoms with Crippen molar-refractivity contribution in [3.05, 3.63) is 28.0 Å². The van der Waals surface area contributed by atoms with Crippen molar-refractivity contribution in [3.8, 4) is 5.75 Å². The lowest BCUT2D eigenvalue weighted by Gasteiger charge is -2.22. The van der Waals surface area contributed by atoms with E-state index in [9.17, 15) is 4.39 Å². The zero-order chi connectivity index (χ0) is 11.9. The number of nitrogens with two attached hydrogens (primary N) is 1. The third-order valence-electron chi connectivity index (χ3n) is 3.42. The maximum Gasteiger partial charge on any atom is 0.136 e. The van der Waals surface area contributed by atoms with Crippen LogP contribution in [0.25, 0.3) is 0 Å². The van der Waals surface area contributed by atoms with Gasteiger partial charge in [-0.3, -0.25) is 0 Å². The van der Waals surface area contributed by atoms with Crippen LogP contribution < -0.4 is 10.5 Å². The van der Waals surface area contributed by atoms with E-state index in [2.05, 4.69) is 15.9 Å². The SMILES string of the molecule is COc1cc(F)cc(C2(C(C)N)CC2)c1Br. The van der Waals surface area contributed by atoms with Crippen LogP contribution in [0.15, 0.2) is 16.6 Å². The van der Waals surface area contributed by atoms with Crippen molar-refractivity contribution < 1.29 is 9.13 Å². The molecule has 0 radical (unpaired) electrons. The highest BCUT2D eigenvalue weighted by Gasteiger charge is 2.49. The van der Waals surface area contributed by atoms with E-state index in [-0.39, 0.29) is 17.3 Å². The molecule has 0 aromatic heterocycles. The van der Waals surface area contributed by atoms with E-state index in [4.69, 9.17) is 10.5 Å². The summed E-state index contributed by atoms with van der Waals surface area (Å²) < 4.78 is 19.4. The minimum absolute atomic E-state index is 0.0234. The predicted molar refractivity (Wildman–Crippen MR) is 65.2 cm³/mol. The summed E-state index contributed by atoms with van der Waals surface area (Å²) in [5.41, 5.74) is 6.85. The molecule has 16 heavy (non-hydrogen) atoms. The van der Waals surface area contributed by atoms with E-state index in [0.717, 1.165) is 22.9 Å². The number of halogens is 2. The van der Waals surface area contributed by atoms with Crippen LogP contribution in [0.1, 0.15) is 25.3 Å². The largest absolute Gasteiger partial charge is 0.495 e. The zero-order valence-electron chi connectivity index (χ0n) is 9.39. The van der Waals surface area contributed by atoms with Gasteiger partial charge >= 0.3 is 0 Å². The molecule has 1 saturated carbocycles. The first kappa shape index (κ1) is 11.9. The van der Waals surface area contributed by atoms with E-state index in [1.165, 1.54) is 13.2 Å². The first-order valence-electron chi connectivity index (χ1n) is 5.30. The van der Waals surface area contributed by atoms with Gasteiger partial charge in [0.2, 0.25) is 0 Å². The molecular formula is C12H15BrFNO. The summed E-state index contributed by atoms with van der Waals surface area (Å²) in [4.78, 5) is 0. The fraction of sp³-hybridized carbons (Fsp3) is 0.500. The average Bonchev–Trinajstić information content (AvgIpc) is 3.02. The van der Waals surface area contributed by atoms with Gasteiger partial charge in [0.25, 0.3) is 0 Å². The number of rotatable bonds is 3. The predicted octanol–water partition coefficient (Wildman–Crippen LogP) is 2.98. The smallest absolute Gasteiger partial charge is 0.136 e. The van der Waals surface area contributed by atoms with Crippen molar-refractivity contribution >= 4 is 15.9 Å². The van der Waals surface area contributed by atoms with Crippen molar-refractivity contribution in [3.63, 3.8) is 0 Å². The Kier molecular flexibility index (Phi) is 2.97. The van der Waals surface area contributed by atoms with Crippen molar-refractivity contribution in [2.24, 2.45) is 5.73 Å². The molecule has 1 fully saturated rings. The highest BCUT2D eigenvalue weighted by Crippen LogP contribution is 2.53. The fourth-order valence-electron chi connectivity index (χ4n) is 2.18. The second kappa shape index (κ2) is 4.00. The van der Waals surface area contributed by atoms with Crippen molar-refractivity contribution in [2.45, 2.75) is 31.2 Å². The molecule has 1 aliphatic rings. The highest BCUT2D eigenvalue weighted by atomic mass is 79.9. The number of methoxy groups -OCH3 is 1. The Morgan fingerprint density at radius 3 is 2.56 bits per heavy atom. The second-order valence-electron chi connectivity index (χ2n) is 4.41. The minimum atomic E-state index is -0.276. The van der Waals surface area contributed by atoms with Crippen LogP contribution in [0, 0.1) is 5.82 Å². The van der Waals surface area contributed by atoms with Gasteiger partial charge in [-0.05, 0) is 47.3 Å². The molecule has 0 aliphatic heterocycles. The summed E-state index contributed by atoms with van der Waals surface area (Å²) in [5, 5.41) is 0. The first-order valence-corrected chi connectivity index (χ1v) is 6.09. The Bertz CT molecular complexity index is 416. The van der Waals surface area contributed by atoms with E-state index in [1.54, 1.807) is 6.07 Å². The van der Waals surface area contributed by atoms with E-state index < -0.39 is 0 Å². The summed E-state index contributed by atoms with van der Waals surface area (Å²) in [6, 6.07) is 2.96. The molecule has 1 aromatic carbocycles. The summed E-state index contributed by atoms with van der Waals surface area (Å²) >= 11 is 3.47. The quantitative estimate of drug-likeness (QED) is 0.928. The van der Waals surface area contributed by atoms with Crippen molar-refractivity contribution in [1.82, 2.24) is 0 Å². The molecule has 0 spiro atoms. The Labute approximate surface area is 103 Å². The van der Waals surface area contributed by atoms with Gasteiger partial charge < -0.3 is 10.5 Å². The minimum Gasteiger partial charge on any atom is -0.495 e. The van der Waals surface area contributed by atoms with Crippen molar-refractivity contribution in [1.29, 1.82) is 0 Å². The normalized spacial score (nSPS) is 19.3. The highest BCUT2D eigenvalue weighted by molar-refractivity contribution is 9.10. The molecule has 4 heteroatoms. The van der Waals surface area contributed by atoms with Gasteiger partial charge in [-0.1, -0.05) is 0 Å². The topological polar surface area (TPSA) is 35.2 Å². The lowest BCUT2D eigenvalue weighted by atomic mass is 9.89. The van der Waals surface area contributed by atoms with Crippen molar-refractivity contribution in [2.75, 3.05) is 7.11 Å². The van der Waals surface area contributed by atoms with Gasteiger partial charge in [0.05, 0.1) is 11.6 Å². The van der Waals surface area contributed by atoms with Crippen LogP contribution in [0.3, 0.4) is 0 Å². The Hall–Kier alpha value is -0.610. The van der Waals surface area contributed by atoms with E-state index in [0.29, 0.717) is 5.75 Å². The number of hydrogen-bond donors (Lipinski definition) is 1. The zero-order valence-corrected chi connectivity index (χ0v) is 11.0. The molecule has 1 aromatic rings. The van der Waals surface area contributed by atoms with Crippen LogP contribution in [-0.4, -0.2) is 13.2 Å². The van der Waals surface area contributed by atoms with Crippen LogP contribution in [0.2, 0.25) is 0 Å². The van der Waals surface area contributed by atoms with Gasteiger partial charge in [0, 0.05) is 17.5 Å². The third-order valence-corrected chi connectivity index (χ3v) is 4.24. The lowest BCUT2D eigenvalue weighted by molar-refractivity contribution is 0.405. The number of benzene rings is 1. The monoisotopic (exact) mass is 287 g/mol. The summed E-state index contributed by atoms with van der Waals surface area (Å²) in [7, 11) is 1.54. The lowest BCUT2D eigenvalue weighted by Crippen LogP contribution is -2.32. The molecule has 0 amide bonds. The van der Waals surface area contributed by atoms with Crippen LogP contribution in [-0.2, 0) is 5.41 Å². The third kappa shape index (κ3) is 1.74. The molecule has 2 N–H and O–H groups in total. The van der Waals surface area contributed by atoms with Gasteiger partial charge in [-0.15, -0.1) is 0 Å². The Morgan fingerprint density at radius 2 is 2.12 bits per heavy atom. The van der Waals surface area contributed by atoms with Gasteiger partial charge in [-0.25, -0.2) is 4.39 Å². The van der Waals surface area contributed by atoms with E-state index >= 15 is 0 Å². The van der Waals surface area contributed by atoms with Gasteiger partial charge in [0.1, 0.15) is 11.6 Å². The molecular weight excluding hydrogens is 273 g/mol. The molecule has 2 nitrogen and oxygen atoms in total. The Morgan fingerprint density at radius 1 is 1.50 bits per heavy atom. The molecule has 0 bridgehead atoms. The molecule has 0 heterocycles. The molecule has 1 unspecified atom stereocenters. The average molecular weight is 288 g/mol. The molecule has 1 atom stereocenters. The summed E-state index contributed by atoms with van der Waals surface area (Å²) in [6.07, 6.45) is 2.02. The summed E-state index contributed by atoms with van der Waals surface area (Å²) in [6.45, 7) is 1.97. The Balaban J connectivity index is 2.53. The molecule has 1 aliphatic carbocycles. The van der Waals surface area contributed by atoms with Gasteiger partial charge in [-0.2, -0.15) is 0 Å². The molecule has 2 rings (SSSR count). The second-order valence-corrected chi connectivity index (χ2v) is 5.21. The van der Waals surface area contributed by atoms with E-state index in [1.807, 2.05) is 6.92 Å². The fourth-order valence-corrected chi connectivity index (χ4v) is 2.97. The molecule has 0 saturated heterocycles. The maximum atomic E-state index is 13.5. The van der Waals surface area contributed by atoms with Crippen LogP contribution in [0.4, 0.5) is 4.39 Å². The van der Waals surface area contributed by atoms with Crippen LogP contribution >= 0.6 is 15.9 Å². The maximum absolute atomic E-state index is 13.5. The van der Waals surface area contributed by atoms with Gasteiger partial charge in [0.15, 0.2) is 0 Å². The number of ether oxygens (including phenoxy) is 1. The van der Waals surface area contributed by atoms with Crippen LogP contribution in [0.5, 0.6) is 5.75 Å². The first-order chi connectivity index (χ1) is 7.51. The standard InChI is InChI=1S/C12H15BrFNO/c1-7(15)12(3-4-12)9-5-8(14)6-10(16-2)11(9)13/h5-7H,3-4,15H2,1-2H3. The molecule has 88 valence electrons. The number of hydrogen-bond acceptors (Lipinski definition) is 2. The summed E-state index contributed by atoms with van der Waals surface area (Å²) in [5.74, 6) is 0.254.